The first-order valence-electron chi connectivity index (χ1n) is 11.0. The maximum atomic E-state index is 9.53. The Morgan fingerprint density at radius 2 is 1.59 bits per heavy atom. The van der Waals surface area contributed by atoms with Crippen molar-refractivity contribution in [1.82, 2.24) is 0 Å². The van der Waals surface area contributed by atoms with E-state index in [2.05, 4.69) is 38.1 Å². The molecule has 0 bridgehead atoms. The molecule has 0 aliphatic heterocycles. The van der Waals surface area contributed by atoms with Crippen molar-refractivity contribution >= 4 is 11.6 Å². The van der Waals surface area contributed by atoms with Crippen LogP contribution in [0.25, 0.3) is 0 Å². The molecular formula is C26H35ClO2. The Balaban J connectivity index is 1.54. The van der Waals surface area contributed by atoms with Gasteiger partial charge in [0, 0.05) is 5.38 Å². The van der Waals surface area contributed by atoms with Crippen LogP contribution in [0.4, 0.5) is 0 Å². The van der Waals surface area contributed by atoms with E-state index in [1.165, 1.54) is 41.5 Å². The summed E-state index contributed by atoms with van der Waals surface area (Å²) >= 11 is 6.72. The number of rotatable bonds is 9. The molecule has 0 aromatic heterocycles. The second-order valence-corrected chi connectivity index (χ2v) is 9.35. The molecule has 2 N–H and O–H groups in total. The van der Waals surface area contributed by atoms with Gasteiger partial charge in [0.15, 0.2) is 0 Å². The number of hydrogen-bond donors (Lipinski definition) is 2. The zero-order chi connectivity index (χ0) is 20.8. The van der Waals surface area contributed by atoms with Crippen LogP contribution >= 0.6 is 11.6 Å². The average Bonchev–Trinajstić information content (AvgIpc) is 3.06. The molecule has 0 saturated heterocycles. The summed E-state index contributed by atoms with van der Waals surface area (Å²) in [6, 6.07) is 12.8. The number of hydrogen-bond acceptors (Lipinski definition) is 2. The quantitative estimate of drug-likeness (QED) is 0.503. The summed E-state index contributed by atoms with van der Waals surface area (Å²) in [6.07, 6.45) is 8.09. The van der Waals surface area contributed by atoms with Gasteiger partial charge >= 0.3 is 0 Å². The van der Waals surface area contributed by atoms with Crippen LogP contribution in [0.1, 0.15) is 65.5 Å². The smallest absolute Gasteiger partial charge is 0.0686 e. The topological polar surface area (TPSA) is 40.5 Å². The number of aliphatic hydroxyl groups is 2. The Hall–Kier alpha value is -1.35. The Labute approximate surface area is 180 Å². The van der Waals surface area contributed by atoms with Gasteiger partial charge in [0.25, 0.3) is 0 Å². The summed E-state index contributed by atoms with van der Waals surface area (Å²) in [6.45, 7) is 4.42. The lowest BCUT2D eigenvalue weighted by Crippen LogP contribution is -2.16. The van der Waals surface area contributed by atoms with Gasteiger partial charge in [-0.15, -0.1) is 11.6 Å². The normalized spacial score (nSPS) is 21.6. The second-order valence-electron chi connectivity index (χ2n) is 8.79. The van der Waals surface area contributed by atoms with Gasteiger partial charge in [0.05, 0.1) is 13.2 Å². The van der Waals surface area contributed by atoms with E-state index >= 15 is 0 Å². The first kappa shape index (κ1) is 22.3. The standard InChI is InChI=1S/C26H35ClO2/c1-18-13-21(14-19(2)25(18)17-29)9-11-24-23(10-12-26(24)27)8-4-6-20-5-3-7-22(15-20)16-28/h3,5,7,13-15,23-24,26,28-29H,4,6,8-12,16-17H2,1-2H3/t23-,24+,26?/m0/s1. The fraction of sp³-hybridized carbons (Fsp3) is 0.538. The Kier molecular flexibility index (Phi) is 8.17. The van der Waals surface area contributed by atoms with E-state index < -0.39 is 0 Å². The van der Waals surface area contributed by atoms with Crippen molar-refractivity contribution in [2.45, 2.75) is 77.4 Å². The molecule has 0 amide bonds. The first-order valence-corrected chi connectivity index (χ1v) is 11.5. The largest absolute Gasteiger partial charge is 0.392 e. The van der Waals surface area contributed by atoms with Gasteiger partial charge in [-0.3, -0.25) is 0 Å². The Morgan fingerprint density at radius 3 is 2.28 bits per heavy atom. The van der Waals surface area contributed by atoms with Crippen LogP contribution in [0.5, 0.6) is 0 Å². The van der Waals surface area contributed by atoms with Crippen molar-refractivity contribution in [3.8, 4) is 0 Å². The van der Waals surface area contributed by atoms with Crippen LogP contribution in [0.15, 0.2) is 36.4 Å². The fourth-order valence-electron chi connectivity index (χ4n) is 5.13. The molecule has 1 aliphatic rings. The lowest BCUT2D eigenvalue weighted by molar-refractivity contribution is 0.280. The monoisotopic (exact) mass is 414 g/mol. The molecule has 0 radical (unpaired) electrons. The molecule has 29 heavy (non-hydrogen) atoms. The molecule has 3 heteroatoms. The van der Waals surface area contributed by atoms with Gasteiger partial charge in [-0.25, -0.2) is 0 Å². The predicted molar refractivity (Wildman–Crippen MR) is 121 cm³/mol. The zero-order valence-corrected chi connectivity index (χ0v) is 18.6. The maximum absolute atomic E-state index is 9.53. The van der Waals surface area contributed by atoms with Crippen LogP contribution in [0.2, 0.25) is 0 Å². The predicted octanol–water partition coefficient (Wildman–Crippen LogP) is 5.88. The summed E-state index contributed by atoms with van der Waals surface area (Å²) in [7, 11) is 0. The van der Waals surface area contributed by atoms with E-state index in [-0.39, 0.29) is 13.2 Å². The SMILES string of the molecule is Cc1cc(CC[C@H]2C(Cl)CC[C@@H]2CCCc2cccc(CO)c2)cc(C)c1CO. The van der Waals surface area contributed by atoms with E-state index in [1.54, 1.807) is 0 Å². The highest BCUT2D eigenvalue weighted by atomic mass is 35.5. The van der Waals surface area contributed by atoms with Crippen molar-refractivity contribution in [3.63, 3.8) is 0 Å². The Bertz CT molecular complexity index is 778. The van der Waals surface area contributed by atoms with Crippen molar-refractivity contribution in [1.29, 1.82) is 0 Å². The summed E-state index contributed by atoms with van der Waals surface area (Å²) in [5.41, 5.74) is 7.14. The molecule has 2 nitrogen and oxygen atoms in total. The zero-order valence-electron chi connectivity index (χ0n) is 17.8. The Morgan fingerprint density at radius 1 is 0.862 bits per heavy atom. The van der Waals surface area contributed by atoms with Crippen LogP contribution in [0.3, 0.4) is 0 Å². The minimum atomic E-state index is 0.116. The molecule has 0 heterocycles. The van der Waals surface area contributed by atoms with Gasteiger partial charge in [-0.05, 0) is 104 Å². The molecule has 1 aliphatic carbocycles. The lowest BCUT2D eigenvalue weighted by Gasteiger charge is -2.22. The third kappa shape index (κ3) is 5.84. The molecule has 3 rings (SSSR count). The van der Waals surface area contributed by atoms with Crippen LogP contribution in [-0.2, 0) is 26.1 Å². The fourth-order valence-corrected chi connectivity index (χ4v) is 5.59. The summed E-state index contributed by atoms with van der Waals surface area (Å²) in [5, 5.41) is 19.1. The molecule has 0 spiro atoms. The first-order chi connectivity index (χ1) is 14.0. The van der Waals surface area contributed by atoms with E-state index in [0.29, 0.717) is 11.3 Å². The third-order valence-corrected chi connectivity index (χ3v) is 7.32. The van der Waals surface area contributed by atoms with E-state index in [9.17, 15) is 10.2 Å². The molecule has 1 fully saturated rings. The summed E-state index contributed by atoms with van der Waals surface area (Å²) in [5.74, 6) is 1.32. The number of aliphatic hydroxyl groups excluding tert-OH is 2. The molecule has 3 atom stereocenters. The number of aryl methyl sites for hydroxylation is 4. The van der Waals surface area contributed by atoms with Gasteiger partial charge in [0.2, 0.25) is 0 Å². The summed E-state index contributed by atoms with van der Waals surface area (Å²) < 4.78 is 0. The highest BCUT2D eigenvalue weighted by molar-refractivity contribution is 6.21. The molecule has 2 aromatic rings. The third-order valence-electron chi connectivity index (χ3n) is 6.78. The van der Waals surface area contributed by atoms with Crippen molar-refractivity contribution in [2.75, 3.05) is 0 Å². The van der Waals surface area contributed by atoms with E-state index in [0.717, 1.165) is 42.7 Å². The average molecular weight is 415 g/mol. The molecular weight excluding hydrogens is 380 g/mol. The van der Waals surface area contributed by atoms with Gasteiger partial charge in [-0.2, -0.15) is 0 Å². The van der Waals surface area contributed by atoms with Gasteiger partial charge in [-0.1, -0.05) is 36.4 Å². The van der Waals surface area contributed by atoms with Crippen LogP contribution in [0, 0.1) is 25.7 Å². The summed E-state index contributed by atoms with van der Waals surface area (Å²) in [4.78, 5) is 0. The lowest BCUT2D eigenvalue weighted by atomic mass is 9.85. The second kappa shape index (κ2) is 10.6. The highest BCUT2D eigenvalue weighted by Gasteiger charge is 2.33. The minimum absolute atomic E-state index is 0.116. The van der Waals surface area contributed by atoms with Crippen molar-refractivity contribution in [2.24, 2.45) is 11.8 Å². The minimum Gasteiger partial charge on any atom is -0.392 e. The molecule has 1 unspecified atom stereocenters. The highest BCUT2D eigenvalue weighted by Crippen LogP contribution is 2.41. The van der Waals surface area contributed by atoms with Crippen molar-refractivity contribution < 1.29 is 10.2 Å². The van der Waals surface area contributed by atoms with E-state index in [1.807, 2.05) is 12.1 Å². The number of halogens is 1. The van der Waals surface area contributed by atoms with Gasteiger partial charge < -0.3 is 10.2 Å². The molecule has 1 saturated carbocycles. The number of benzene rings is 2. The van der Waals surface area contributed by atoms with E-state index in [4.69, 9.17) is 11.6 Å². The van der Waals surface area contributed by atoms with Crippen LogP contribution < -0.4 is 0 Å². The molecule has 2 aromatic carbocycles. The van der Waals surface area contributed by atoms with Gasteiger partial charge in [0.1, 0.15) is 0 Å². The van der Waals surface area contributed by atoms with Crippen molar-refractivity contribution in [3.05, 3.63) is 69.8 Å². The number of alkyl halides is 1. The maximum Gasteiger partial charge on any atom is 0.0686 e. The van der Waals surface area contributed by atoms with Crippen LogP contribution in [-0.4, -0.2) is 15.6 Å². The molecule has 158 valence electrons.